The Labute approximate surface area is 183 Å². The largest absolute Gasteiger partial charge is 0.0654 e. The summed E-state index contributed by atoms with van der Waals surface area (Å²) < 4.78 is 0. The third-order valence-corrected chi connectivity index (χ3v) is 8.46. The Balaban J connectivity index is 3.41. The maximum atomic E-state index is 2.55. The first-order chi connectivity index (χ1) is 13.8. The zero-order chi connectivity index (χ0) is 20.5. The van der Waals surface area contributed by atoms with Gasteiger partial charge in [0.15, 0.2) is 0 Å². The highest BCUT2D eigenvalue weighted by molar-refractivity contribution is 6.41. The smallest absolute Gasteiger partial charge is 0.0260 e. The third-order valence-electron chi connectivity index (χ3n) is 6.50. The molecule has 0 aliphatic heterocycles. The normalized spacial score (nSPS) is 12.0. The maximum Gasteiger partial charge on any atom is 0.0260 e. The van der Waals surface area contributed by atoms with Crippen LogP contribution in [0.2, 0.25) is 5.54 Å². The second kappa shape index (κ2) is 25.3. The van der Waals surface area contributed by atoms with Gasteiger partial charge in [-0.2, -0.15) is 0 Å². The quantitative estimate of drug-likeness (QED) is 0.110. The molecule has 0 amide bonds. The first kappa shape index (κ1) is 28.2. The summed E-state index contributed by atoms with van der Waals surface area (Å²) in [5, 5.41) is 0. The van der Waals surface area contributed by atoms with E-state index in [0.29, 0.717) is 0 Å². The summed E-state index contributed by atoms with van der Waals surface area (Å²) in [5.41, 5.74) is 1.12. The van der Waals surface area contributed by atoms with Crippen molar-refractivity contribution < 1.29 is 0 Å². The van der Waals surface area contributed by atoms with Crippen LogP contribution in [0.1, 0.15) is 162 Å². The monoisotopic (exact) mass is 409 g/mol. The standard InChI is InChI=1S/C27H57Si/c1-4-7-9-11-13-15-17-19-21-23-25-27(28-6-3)26-24-22-20-18-16-14-12-10-8-5-2/h6,27H,4-5,7-26,28H2,1-3H3. The lowest BCUT2D eigenvalue weighted by atomic mass is 10.0. The van der Waals surface area contributed by atoms with E-state index in [9.17, 15) is 0 Å². The summed E-state index contributed by atoms with van der Waals surface area (Å²) in [5.74, 6) is 0. The average Bonchev–Trinajstić information content (AvgIpc) is 2.70. The lowest BCUT2D eigenvalue weighted by molar-refractivity contribution is 0.517. The molecule has 169 valence electrons. The van der Waals surface area contributed by atoms with Crippen molar-refractivity contribution in [3.05, 3.63) is 6.04 Å². The fourth-order valence-corrected chi connectivity index (χ4v) is 6.27. The molecule has 1 radical (unpaired) electrons. The molecule has 0 aliphatic rings. The molecule has 0 saturated heterocycles. The second-order valence-corrected chi connectivity index (χ2v) is 11.9. The highest BCUT2D eigenvalue weighted by atomic mass is 28.2. The van der Waals surface area contributed by atoms with E-state index < -0.39 is 0 Å². The molecule has 0 saturated carbocycles. The van der Waals surface area contributed by atoms with Gasteiger partial charge in [-0.3, -0.25) is 0 Å². The van der Waals surface area contributed by atoms with Gasteiger partial charge in [0.2, 0.25) is 0 Å². The van der Waals surface area contributed by atoms with Crippen molar-refractivity contribution >= 4 is 9.52 Å². The molecule has 0 atom stereocenters. The molecule has 0 unspecified atom stereocenters. The van der Waals surface area contributed by atoms with Gasteiger partial charge in [0, 0.05) is 9.52 Å². The minimum Gasteiger partial charge on any atom is -0.0654 e. The maximum absolute atomic E-state index is 2.55. The van der Waals surface area contributed by atoms with Gasteiger partial charge in [-0.15, -0.1) is 0 Å². The summed E-state index contributed by atoms with van der Waals surface area (Å²) in [6.07, 6.45) is 32.6. The molecular weight excluding hydrogens is 352 g/mol. The van der Waals surface area contributed by atoms with E-state index in [1.165, 1.54) is 128 Å². The van der Waals surface area contributed by atoms with Crippen LogP contribution in [-0.4, -0.2) is 9.52 Å². The fourth-order valence-electron chi connectivity index (χ4n) is 4.55. The van der Waals surface area contributed by atoms with Crippen LogP contribution in [0.3, 0.4) is 0 Å². The Kier molecular flexibility index (Phi) is 25.4. The van der Waals surface area contributed by atoms with Crippen molar-refractivity contribution in [2.45, 2.75) is 168 Å². The third kappa shape index (κ3) is 22.5. The Morgan fingerprint density at radius 1 is 0.464 bits per heavy atom. The van der Waals surface area contributed by atoms with Crippen LogP contribution in [-0.2, 0) is 0 Å². The molecule has 1 heteroatoms. The van der Waals surface area contributed by atoms with Crippen LogP contribution in [0.15, 0.2) is 0 Å². The number of unbranched alkanes of at least 4 members (excludes halogenated alkanes) is 18. The molecule has 0 nitrogen and oxygen atoms in total. The predicted molar refractivity (Wildman–Crippen MR) is 135 cm³/mol. The summed E-state index contributed by atoms with van der Waals surface area (Å²) in [4.78, 5) is 0. The number of hydrogen-bond donors (Lipinski definition) is 0. The van der Waals surface area contributed by atoms with Gasteiger partial charge in [-0.25, -0.2) is 0 Å². The molecule has 0 N–H and O–H groups in total. The van der Waals surface area contributed by atoms with Crippen molar-refractivity contribution in [2.24, 2.45) is 0 Å². The Bertz CT molecular complexity index is 239. The molecular formula is C27H57Si. The molecule has 0 bridgehead atoms. The van der Waals surface area contributed by atoms with Crippen molar-refractivity contribution in [1.82, 2.24) is 0 Å². The van der Waals surface area contributed by atoms with E-state index >= 15 is 0 Å². The van der Waals surface area contributed by atoms with E-state index in [1.807, 2.05) is 0 Å². The minimum atomic E-state index is 0.0987. The van der Waals surface area contributed by atoms with E-state index in [1.54, 1.807) is 12.8 Å². The Morgan fingerprint density at radius 2 is 0.750 bits per heavy atom. The molecule has 28 heavy (non-hydrogen) atoms. The van der Waals surface area contributed by atoms with E-state index in [2.05, 4.69) is 26.8 Å². The lowest BCUT2D eigenvalue weighted by Gasteiger charge is -2.15. The highest BCUT2D eigenvalue weighted by Gasteiger charge is 2.08. The van der Waals surface area contributed by atoms with E-state index in [-0.39, 0.29) is 9.52 Å². The van der Waals surface area contributed by atoms with Gasteiger partial charge in [0.1, 0.15) is 0 Å². The van der Waals surface area contributed by atoms with Crippen LogP contribution in [0, 0.1) is 6.04 Å². The molecule has 0 heterocycles. The van der Waals surface area contributed by atoms with Gasteiger partial charge in [-0.05, 0) is 0 Å². The topological polar surface area (TPSA) is 0 Å². The summed E-state index contributed by atoms with van der Waals surface area (Å²) >= 11 is 0. The van der Waals surface area contributed by atoms with Gasteiger partial charge >= 0.3 is 0 Å². The molecule has 0 aromatic heterocycles. The van der Waals surface area contributed by atoms with Crippen molar-refractivity contribution in [2.75, 3.05) is 0 Å². The number of rotatable bonds is 24. The second-order valence-electron chi connectivity index (χ2n) is 9.45. The van der Waals surface area contributed by atoms with Gasteiger partial charge in [0.05, 0.1) is 0 Å². The first-order valence-electron chi connectivity index (χ1n) is 13.6. The molecule has 0 aliphatic carbocycles. The van der Waals surface area contributed by atoms with Crippen molar-refractivity contribution in [3.8, 4) is 0 Å². The van der Waals surface area contributed by atoms with Crippen LogP contribution in [0.4, 0.5) is 0 Å². The van der Waals surface area contributed by atoms with Gasteiger partial charge in [-0.1, -0.05) is 174 Å². The predicted octanol–water partition coefficient (Wildman–Crippen LogP) is 9.75. The van der Waals surface area contributed by atoms with E-state index in [0.717, 1.165) is 5.54 Å². The summed E-state index contributed by atoms with van der Waals surface area (Å²) in [6, 6.07) is 2.55. The minimum absolute atomic E-state index is 0.0987. The van der Waals surface area contributed by atoms with Crippen molar-refractivity contribution in [3.63, 3.8) is 0 Å². The van der Waals surface area contributed by atoms with Crippen molar-refractivity contribution in [1.29, 1.82) is 0 Å². The molecule has 0 aromatic carbocycles. The fraction of sp³-hybridized carbons (Fsp3) is 0.963. The van der Waals surface area contributed by atoms with Gasteiger partial charge in [0.25, 0.3) is 0 Å². The molecule has 0 spiro atoms. The van der Waals surface area contributed by atoms with Crippen LogP contribution < -0.4 is 0 Å². The van der Waals surface area contributed by atoms with Gasteiger partial charge < -0.3 is 0 Å². The lowest BCUT2D eigenvalue weighted by Crippen LogP contribution is -2.04. The summed E-state index contributed by atoms with van der Waals surface area (Å²) in [6.45, 7) is 6.93. The van der Waals surface area contributed by atoms with Crippen LogP contribution in [0.5, 0.6) is 0 Å². The molecule has 0 fully saturated rings. The summed E-state index contributed by atoms with van der Waals surface area (Å²) in [7, 11) is 0.0987. The molecule has 0 rings (SSSR count). The van der Waals surface area contributed by atoms with E-state index in [4.69, 9.17) is 0 Å². The zero-order valence-electron chi connectivity index (χ0n) is 20.4. The highest BCUT2D eigenvalue weighted by Crippen LogP contribution is 2.24. The Morgan fingerprint density at radius 3 is 1.04 bits per heavy atom. The average molecular weight is 410 g/mol. The zero-order valence-corrected chi connectivity index (χ0v) is 21.8. The first-order valence-corrected chi connectivity index (χ1v) is 15.3. The Hall–Kier alpha value is 0.217. The van der Waals surface area contributed by atoms with Crippen LogP contribution in [0.25, 0.3) is 0 Å². The number of hydrogen-bond acceptors (Lipinski definition) is 0. The SMILES string of the molecule is C[CH][SiH2]C(CCCCCCCCCCCC)CCCCCCCCCCCC. The molecule has 0 aromatic rings. The van der Waals surface area contributed by atoms with Crippen LogP contribution >= 0.6 is 0 Å².